The van der Waals surface area contributed by atoms with Gasteiger partial charge < -0.3 is 9.84 Å². The molecule has 0 radical (unpaired) electrons. The normalized spacial score (nSPS) is 29.4. The predicted molar refractivity (Wildman–Crippen MR) is 109 cm³/mol. The number of likely N-dealkylation sites (tertiary alicyclic amines) is 1. The molecule has 2 saturated heterocycles. The van der Waals surface area contributed by atoms with Gasteiger partial charge in [-0.3, -0.25) is 9.80 Å². The molecule has 4 atom stereocenters. The van der Waals surface area contributed by atoms with E-state index >= 15 is 0 Å². The third kappa shape index (κ3) is 4.63. The zero-order valence-electron chi connectivity index (χ0n) is 16.9. The Morgan fingerprint density at radius 1 is 1.04 bits per heavy atom. The van der Waals surface area contributed by atoms with E-state index in [0.29, 0.717) is 24.0 Å². The van der Waals surface area contributed by atoms with Gasteiger partial charge in [-0.15, -0.1) is 0 Å². The number of nitrogens with zero attached hydrogens (tertiary/aromatic N) is 4. The molecule has 1 aromatic heterocycles. The van der Waals surface area contributed by atoms with Crippen molar-refractivity contribution in [2.24, 2.45) is 11.8 Å². The number of aromatic nitrogens is 2. The van der Waals surface area contributed by atoms with Crippen molar-refractivity contribution in [2.45, 2.75) is 32.6 Å². The van der Waals surface area contributed by atoms with Crippen LogP contribution in [0.2, 0.25) is 0 Å². The summed E-state index contributed by atoms with van der Waals surface area (Å²) in [5.41, 5.74) is 2.38. The largest absolute Gasteiger partial charge is 0.396 e. The van der Waals surface area contributed by atoms with Crippen LogP contribution in [0.15, 0.2) is 42.7 Å². The second-order valence-electron chi connectivity index (χ2n) is 8.49. The van der Waals surface area contributed by atoms with E-state index in [1.165, 1.54) is 5.56 Å². The highest BCUT2D eigenvalue weighted by atomic mass is 16.5. The van der Waals surface area contributed by atoms with E-state index in [9.17, 15) is 5.11 Å². The number of benzene rings is 1. The van der Waals surface area contributed by atoms with Crippen LogP contribution in [-0.4, -0.2) is 76.2 Å². The van der Waals surface area contributed by atoms with Crippen LogP contribution in [0.25, 0.3) is 5.69 Å². The Morgan fingerprint density at radius 3 is 2.54 bits per heavy atom. The lowest BCUT2D eigenvalue weighted by molar-refractivity contribution is -0.0727. The van der Waals surface area contributed by atoms with Crippen molar-refractivity contribution in [1.29, 1.82) is 0 Å². The number of aliphatic hydroxyl groups excluding tert-OH is 1. The second kappa shape index (κ2) is 8.74. The van der Waals surface area contributed by atoms with Crippen LogP contribution in [0, 0.1) is 11.8 Å². The average molecular weight is 385 g/mol. The molecule has 0 unspecified atom stereocenters. The average Bonchev–Trinajstić information content (AvgIpc) is 3.31. The molecule has 1 aromatic carbocycles. The summed E-state index contributed by atoms with van der Waals surface area (Å²) in [7, 11) is 0. The molecule has 28 heavy (non-hydrogen) atoms. The Hall–Kier alpha value is -1.73. The van der Waals surface area contributed by atoms with Crippen LogP contribution >= 0.6 is 0 Å². The SMILES string of the molecule is C[C@@H]1CN(C[C@@H]2CN(Cc3cccc(-n4cccn4)c3)C[C@@H]2CO)C[C@H](C)O1. The Balaban J connectivity index is 1.38. The van der Waals surface area contributed by atoms with Gasteiger partial charge in [0.2, 0.25) is 0 Å². The Morgan fingerprint density at radius 2 is 1.82 bits per heavy atom. The number of hydrogen-bond donors (Lipinski definition) is 1. The second-order valence-corrected chi connectivity index (χ2v) is 8.49. The monoisotopic (exact) mass is 384 g/mol. The Labute approximate surface area is 167 Å². The van der Waals surface area contributed by atoms with E-state index < -0.39 is 0 Å². The van der Waals surface area contributed by atoms with Gasteiger partial charge in [0.15, 0.2) is 0 Å². The van der Waals surface area contributed by atoms with Gasteiger partial charge in [0.25, 0.3) is 0 Å². The maximum atomic E-state index is 9.94. The molecular formula is C22H32N4O2. The predicted octanol–water partition coefficient (Wildman–Crippen LogP) is 2.02. The molecule has 6 heteroatoms. The van der Waals surface area contributed by atoms with E-state index in [0.717, 1.165) is 45.0 Å². The minimum absolute atomic E-state index is 0.268. The molecule has 0 saturated carbocycles. The summed E-state index contributed by atoms with van der Waals surface area (Å²) in [4.78, 5) is 5.01. The lowest BCUT2D eigenvalue weighted by Gasteiger charge is -2.37. The molecule has 2 aliphatic rings. The number of morpholine rings is 1. The summed E-state index contributed by atoms with van der Waals surface area (Å²) >= 11 is 0. The van der Waals surface area contributed by atoms with E-state index in [4.69, 9.17) is 4.74 Å². The van der Waals surface area contributed by atoms with Gasteiger partial charge in [-0.1, -0.05) is 12.1 Å². The zero-order chi connectivity index (χ0) is 19.5. The molecule has 0 bridgehead atoms. The van der Waals surface area contributed by atoms with Gasteiger partial charge in [-0.05, 0) is 49.4 Å². The van der Waals surface area contributed by atoms with Crippen LogP contribution in [0.3, 0.4) is 0 Å². The topological polar surface area (TPSA) is 53.8 Å². The summed E-state index contributed by atoms with van der Waals surface area (Å²) in [6.45, 7) is 10.5. The molecular weight excluding hydrogens is 352 g/mol. The van der Waals surface area contributed by atoms with Crippen LogP contribution in [-0.2, 0) is 11.3 Å². The summed E-state index contributed by atoms with van der Waals surface area (Å²) in [6.07, 6.45) is 4.35. The minimum atomic E-state index is 0.268. The van der Waals surface area contributed by atoms with Crippen molar-refractivity contribution < 1.29 is 9.84 Å². The molecule has 0 amide bonds. The minimum Gasteiger partial charge on any atom is -0.396 e. The number of ether oxygens (including phenoxy) is 1. The smallest absolute Gasteiger partial charge is 0.0678 e. The first kappa shape index (κ1) is 19.6. The maximum Gasteiger partial charge on any atom is 0.0678 e. The van der Waals surface area contributed by atoms with E-state index in [-0.39, 0.29) is 6.61 Å². The quantitative estimate of drug-likeness (QED) is 0.826. The first-order valence-electron chi connectivity index (χ1n) is 10.4. The number of aliphatic hydroxyl groups is 1. The van der Waals surface area contributed by atoms with Crippen molar-refractivity contribution in [2.75, 3.05) is 39.3 Å². The van der Waals surface area contributed by atoms with E-state index in [2.05, 4.69) is 53.0 Å². The molecule has 0 spiro atoms. The standard InChI is InChI=1S/C22H32N4O2/c1-17-10-24(11-18(2)28-17)13-20-14-25(15-21(20)16-27)12-19-5-3-6-22(9-19)26-8-4-7-23-26/h3-9,17-18,20-21,27H,10-16H2,1-2H3/t17-,18+,20-,21-/m1/s1. The first-order chi connectivity index (χ1) is 13.6. The third-order valence-corrected chi connectivity index (χ3v) is 5.96. The highest BCUT2D eigenvalue weighted by Crippen LogP contribution is 2.27. The summed E-state index contributed by atoms with van der Waals surface area (Å²) in [5, 5.41) is 14.3. The molecule has 152 valence electrons. The summed E-state index contributed by atoms with van der Waals surface area (Å²) < 4.78 is 7.76. The van der Waals surface area contributed by atoms with Crippen molar-refractivity contribution in [3.63, 3.8) is 0 Å². The third-order valence-electron chi connectivity index (χ3n) is 5.96. The van der Waals surface area contributed by atoms with Gasteiger partial charge in [-0.25, -0.2) is 4.68 Å². The maximum absolute atomic E-state index is 9.94. The molecule has 3 heterocycles. The van der Waals surface area contributed by atoms with Gasteiger partial charge in [0, 0.05) is 58.3 Å². The van der Waals surface area contributed by atoms with Crippen molar-refractivity contribution >= 4 is 0 Å². The first-order valence-corrected chi connectivity index (χ1v) is 10.4. The Bertz CT molecular complexity index is 741. The van der Waals surface area contributed by atoms with E-state index in [1.807, 2.05) is 16.9 Å². The fourth-order valence-corrected chi connectivity index (χ4v) is 4.82. The highest BCUT2D eigenvalue weighted by molar-refractivity contribution is 5.35. The van der Waals surface area contributed by atoms with Crippen molar-refractivity contribution in [3.8, 4) is 5.69 Å². The van der Waals surface area contributed by atoms with Gasteiger partial charge in [-0.2, -0.15) is 5.10 Å². The fraction of sp³-hybridized carbons (Fsp3) is 0.591. The van der Waals surface area contributed by atoms with Crippen LogP contribution < -0.4 is 0 Å². The van der Waals surface area contributed by atoms with Gasteiger partial charge in [0.05, 0.1) is 17.9 Å². The van der Waals surface area contributed by atoms with Crippen LogP contribution in [0.5, 0.6) is 0 Å². The molecule has 0 aliphatic carbocycles. The lowest BCUT2D eigenvalue weighted by Crippen LogP contribution is -2.48. The summed E-state index contributed by atoms with van der Waals surface area (Å²) in [6, 6.07) is 10.5. The van der Waals surface area contributed by atoms with Gasteiger partial charge in [0.1, 0.15) is 0 Å². The number of rotatable bonds is 6. The highest BCUT2D eigenvalue weighted by Gasteiger charge is 2.34. The molecule has 2 aliphatic heterocycles. The Kier molecular flexibility index (Phi) is 6.11. The molecule has 2 aromatic rings. The summed E-state index contributed by atoms with van der Waals surface area (Å²) in [5.74, 6) is 0.861. The zero-order valence-corrected chi connectivity index (χ0v) is 16.9. The van der Waals surface area contributed by atoms with Gasteiger partial charge >= 0.3 is 0 Å². The van der Waals surface area contributed by atoms with Crippen molar-refractivity contribution in [1.82, 2.24) is 19.6 Å². The molecule has 4 rings (SSSR count). The molecule has 6 nitrogen and oxygen atoms in total. The lowest BCUT2D eigenvalue weighted by atomic mass is 9.96. The van der Waals surface area contributed by atoms with Crippen LogP contribution in [0.1, 0.15) is 19.4 Å². The van der Waals surface area contributed by atoms with Crippen molar-refractivity contribution in [3.05, 3.63) is 48.3 Å². The van der Waals surface area contributed by atoms with Crippen LogP contribution in [0.4, 0.5) is 0 Å². The number of hydrogen-bond acceptors (Lipinski definition) is 5. The molecule has 2 fully saturated rings. The molecule has 1 N–H and O–H groups in total. The van der Waals surface area contributed by atoms with E-state index in [1.54, 1.807) is 6.20 Å². The fourth-order valence-electron chi connectivity index (χ4n) is 4.82.